The zero-order valence-corrected chi connectivity index (χ0v) is 15.0. The lowest BCUT2D eigenvalue weighted by atomic mass is 9.92. The van der Waals surface area contributed by atoms with Crippen LogP contribution < -0.4 is 4.90 Å². The minimum Gasteiger partial charge on any atom is -0.347 e. The molecule has 1 aromatic heterocycles. The second-order valence-electron chi connectivity index (χ2n) is 6.60. The van der Waals surface area contributed by atoms with Gasteiger partial charge in [-0.05, 0) is 46.4 Å². The van der Waals surface area contributed by atoms with Crippen LogP contribution in [0.25, 0.3) is 5.57 Å². The number of para-hydroxylation sites is 1. The number of carbonyl (C=O) groups is 1. The van der Waals surface area contributed by atoms with Gasteiger partial charge in [-0.2, -0.15) is 0 Å². The summed E-state index contributed by atoms with van der Waals surface area (Å²) in [4.78, 5) is 16.9. The SMILES string of the molecule is C=CCN1c2ccccc2C(=O)C12C=C(c1ccccc1)c1ccsc12. The second kappa shape index (κ2) is 5.55. The van der Waals surface area contributed by atoms with Crippen molar-refractivity contribution in [3.63, 3.8) is 0 Å². The highest BCUT2D eigenvalue weighted by Crippen LogP contribution is 2.54. The van der Waals surface area contributed by atoms with Gasteiger partial charge in [-0.3, -0.25) is 4.79 Å². The molecule has 0 radical (unpaired) electrons. The summed E-state index contributed by atoms with van der Waals surface area (Å²) in [5.41, 5.74) is 4.47. The van der Waals surface area contributed by atoms with Crippen LogP contribution in [-0.2, 0) is 5.54 Å². The first-order valence-electron chi connectivity index (χ1n) is 8.66. The first-order valence-corrected chi connectivity index (χ1v) is 9.54. The van der Waals surface area contributed by atoms with E-state index in [4.69, 9.17) is 0 Å². The third kappa shape index (κ3) is 1.84. The maximum Gasteiger partial charge on any atom is 0.199 e. The summed E-state index contributed by atoms with van der Waals surface area (Å²) < 4.78 is 0. The number of anilines is 1. The highest BCUT2D eigenvalue weighted by atomic mass is 32.1. The molecule has 0 fully saturated rings. The van der Waals surface area contributed by atoms with Crippen LogP contribution >= 0.6 is 11.3 Å². The van der Waals surface area contributed by atoms with Gasteiger partial charge in [0.25, 0.3) is 0 Å². The van der Waals surface area contributed by atoms with E-state index in [1.165, 1.54) is 0 Å². The Morgan fingerprint density at radius 2 is 1.77 bits per heavy atom. The van der Waals surface area contributed by atoms with Crippen LogP contribution in [0.15, 0.2) is 84.8 Å². The number of carbonyl (C=O) groups excluding carboxylic acids is 1. The van der Waals surface area contributed by atoms with Crippen molar-refractivity contribution >= 4 is 28.4 Å². The molecule has 0 N–H and O–H groups in total. The van der Waals surface area contributed by atoms with Crippen molar-refractivity contribution in [2.24, 2.45) is 0 Å². The van der Waals surface area contributed by atoms with Gasteiger partial charge in [0.05, 0.1) is 0 Å². The number of ketones is 1. The number of nitrogens with zero attached hydrogens (tertiary/aromatic N) is 1. The lowest BCUT2D eigenvalue weighted by molar-refractivity contribution is 0.0935. The van der Waals surface area contributed by atoms with Gasteiger partial charge in [0, 0.05) is 22.7 Å². The van der Waals surface area contributed by atoms with Crippen LogP contribution in [0.5, 0.6) is 0 Å². The van der Waals surface area contributed by atoms with Crippen molar-refractivity contribution in [3.05, 3.63) is 106 Å². The van der Waals surface area contributed by atoms with Crippen LogP contribution in [0.4, 0.5) is 5.69 Å². The zero-order valence-electron chi connectivity index (χ0n) is 14.2. The van der Waals surface area contributed by atoms with Gasteiger partial charge in [-0.15, -0.1) is 17.9 Å². The first kappa shape index (κ1) is 15.4. The summed E-state index contributed by atoms with van der Waals surface area (Å²) in [6, 6.07) is 20.4. The fraction of sp³-hybridized carbons (Fsp3) is 0.0870. The summed E-state index contributed by atoms with van der Waals surface area (Å²) in [6.07, 6.45) is 4.04. The molecule has 3 heteroatoms. The van der Waals surface area contributed by atoms with Crippen molar-refractivity contribution in [1.29, 1.82) is 0 Å². The summed E-state index contributed by atoms with van der Waals surface area (Å²) in [6.45, 7) is 4.55. The van der Waals surface area contributed by atoms with Crippen LogP contribution in [0.2, 0.25) is 0 Å². The molecule has 26 heavy (non-hydrogen) atoms. The Morgan fingerprint density at radius 3 is 2.58 bits per heavy atom. The molecule has 5 rings (SSSR count). The van der Waals surface area contributed by atoms with Crippen molar-refractivity contribution in [3.8, 4) is 0 Å². The van der Waals surface area contributed by atoms with Crippen molar-refractivity contribution in [2.75, 3.05) is 11.4 Å². The Hall–Kier alpha value is -2.91. The molecule has 1 atom stereocenters. The van der Waals surface area contributed by atoms with E-state index in [9.17, 15) is 4.79 Å². The molecule has 0 saturated heterocycles. The molecule has 2 heterocycles. The maximum absolute atomic E-state index is 13.6. The van der Waals surface area contributed by atoms with Crippen molar-refractivity contribution < 1.29 is 4.79 Å². The fourth-order valence-electron chi connectivity index (χ4n) is 4.18. The van der Waals surface area contributed by atoms with Gasteiger partial charge in [-0.25, -0.2) is 0 Å². The van der Waals surface area contributed by atoms with E-state index in [0.29, 0.717) is 6.54 Å². The van der Waals surface area contributed by atoms with Gasteiger partial charge in [0.2, 0.25) is 0 Å². The summed E-state index contributed by atoms with van der Waals surface area (Å²) >= 11 is 1.66. The minimum absolute atomic E-state index is 0.157. The smallest absolute Gasteiger partial charge is 0.199 e. The van der Waals surface area contributed by atoms with Crippen LogP contribution in [-0.4, -0.2) is 12.3 Å². The molecule has 3 aromatic rings. The standard InChI is InChI=1S/C23H17NOS/c1-2-13-24-20-11-7-6-10-18(20)21(25)23(24)15-19(16-8-4-3-5-9-16)17-12-14-26-22(17)23/h2-12,14-15H,1,13H2. The molecule has 1 aliphatic heterocycles. The Bertz CT molecular complexity index is 1060. The maximum atomic E-state index is 13.6. The average Bonchev–Trinajstić information content (AvgIpc) is 3.34. The molecular weight excluding hydrogens is 338 g/mol. The first-order chi connectivity index (χ1) is 12.8. The van der Waals surface area contributed by atoms with E-state index in [1.807, 2.05) is 48.5 Å². The van der Waals surface area contributed by atoms with Crippen LogP contribution in [0.1, 0.15) is 26.4 Å². The average molecular weight is 355 g/mol. The largest absolute Gasteiger partial charge is 0.347 e. The van der Waals surface area contributed by atoms with Crippen LogP contribution in [0.3, 0.4) is 0 Å². The molecular formula is C23H17NOS. The van der Waals surface area contributed by atoms with E-state index in [1.54, 1.807) is 11.3 Å². The van der Waals surface area contributed by atoms with E-state index in [2.05, 4.69) is 41.1 Å². The fourth-order valence-corrected chi connectivity index (χ4v) is 5.27. The van der Waals surface area contributed by atoms with Crippen LogP contribution in [0, 0.1) is 0 Å². The van der Waals surface area contributed by atoms with E-state index in [0.717, 1.165) is 32.8 Å². The molecule has 2 aromatic carbocycles. The summed E-state index contributed by atoms with van der Waals surface area (Å²) in [5.74, 6) is 0.157. The van der Waals surface area contributed by atoms with Gasteiger partial charge in [-0.1, -0.05) is 48.5 Å². The van der Waals surface area contributed by atoms with Gasteiger partial charge in [0.1, 0.15) is 0 Å². The number of benzene rings is 2. The van der Waals surface area contributed by atoms with E-state index >= 15 is 0 Å². The molecule has 126 valence electrons. The van der Waals surface area contributed by atoms with E-state index in [-0.39, 0.29) is 5.78 Å². The Kier molecular flexibility index (Phi) is 3.28. The molecule has 1 unspecified atom stereocenters. The topological polar surface area (TPSA) is 20.3 Å². The monoisotopic (exact) mass is 355 g/mol. The van der Waals surface area contributed by atoms with Gasteiger partial charge in [0.15, 0.2) is 11.3 Å². The molecule has 0 bridgehead atoms. The lowest BCUT2D eigenvalue weighted by Gasteiger charge is -2.33. The molecule has 0 amide bonds. The van der Waals surface area contributed by atoms with E-state index < -0.39 is 5.54 Å². The highest BCUT2D eigenvalue weighted by Gasteiger charge is 2.55. The van der Waals surface area contributed by atoms with Crippen molar-refractivity contribution in [2.45, 2.75) is 5.54 Å². The molecule has 2 nitrogen and oxygen atoms in total. The number of Topliss-reactive ketones (excluding diaryl/α,β-unsaturated/α-hetero) is 1. The number of rotatable bonds is 3. The Balaban J connectivity index is 1.80. The van der Waals surface area contributed by atoms with Gasteiger partial charge < -0.3 is 4.90 Å². The summed E-state index contributed by atoms with van der Waals surface area (Å²) in [7, 11) is 0. The normalized spacial score (nSPS) is 20.2. The number of hydrogen-bond donors (Lipinski definition) is 0. The third-order valence-electron chi connectivity index (χ3n) is 5.26. The van der Waals surface area contributed by atoms with Gasteiger partial charge >= 0.3 is 0 Å². The highest BCUT2D eigenvalue weighted by molar-refractivity contribution is 7.10. The molecule has 0 saturated carbocycles. The quantitative estimate of drug-likeness (QED) is 0.596. The molecule has 1 aliphatic carbocycles. The van der Waals surface area contributed by atoms with Crippen molar-refractivity contribution in [1.82, 2.24) is 0 Å². The Labute approximate surface area is 156 Å². The lowest BCUT2D eigenvalue weighted by Crippen LogP contribution is -2.44. The third-order valence-corrected chi connectivity index (χ3v) is 6.30. The number of thiophene rings is 1. The predicted octanol–water partition coefficient (Wildman–Crippen LogP) is 5.28. The number of fused-ring (bicyclic) bond motifs is 3. The molecule has 2 aliphatic rings. The molecule has 1 spiro atoms. The predicted molar refractivity (Wildman–Crippen MR) is 108 cm³/mol. The number of hydrogen-bond acceptors (Lipinski definition) is 3. The summed E-state index contributed by atoms with van der Waals surface area (Å²) in [5, 5.41) is 2.09. The Morgan fingerprint density at radius 1 is 1.00 bits per heavy atom. The second-order valence-corrected chi connectivity index (χ2v) is 7.52. The zero-order chi connectivity index (χ0) is 17.7. The minimum atomic E-state index is -0.757.